The van der Waals surface area contributed by atoms with Crippen LogP contribution in [0, 0.1) is 0 Å². The van der Waals surface area contributed by atoms with Crippen LogP contribution in [0.15, 0.2) is 18.3 Å². The van der Waals surface area contributed by atoms with Gasteiger partial charge in [0.25, 0.3) is 0 Å². The molecule has 0 amide bonds. The van der Waals surface area contributed by atoms with Crippen molar-refractivity contribution in [1.82, 2.24) is 14.7 Å². The fourth-order valence-electron chi connectivity index (χ4n) is 2.25. The van der Waals surface area contributed by atoms with Gasteiger partial charge in [-0.05, 0) is 25.1 Å². The Morgan fingerprint density at radius 2 is 2.38 bits per heavy atom. The number of imidazole rings is 1. The minimum absolute atomic E-state index is 0.432. The number of halogens is 1. The van der Waals surface area contributed by atoms with Crippen molar-refractivity contribution in [2.45, 2.75) is 12.3 Å². The van der Waals surface area contributed by atoms with Crippen LogP contribution in [0.25, 0.3) is 5.52 Å². The summed E-state index contributed by atoms with van der Waals surface area (Å²) < 4.78 is 2.01. The van der Waals surface area contributed by atoms with Crippen molar-refractivity contribution < 1.29 is 0 Å². The van der Waals surface area contributed by atoms with Gasteiger partial charge in [0.05, 0.1) is 5.52 Å². The lowest BCUT2D eigenvalue weighted by Crippen LogP contribution is -2.10. The second-order valence-electron chi connectivity index (χ2n) is 4.17. The minimum Gasteiger partial charge on any atom is -0.398 e. The number of fused-ring (bicyclic) bond motifs is 1. The summed E-state index contributed by atoms with van der Waals surface area (Å²) in [6, 6.07) is 3.76. The number of aromatic nitrogens is 2. The van der Waals surface area contributed by atoms with Crippen molar-refractivity contribution in [3.05, 3.63) is 29.3 Å². The summed E-state index contributed by atoms with van der Waals surface area (Å²) in [6.07, 6.45) is 2.99. The first kappa shape index (κ1) is 9.93. The van der Waals surface area contributed by atoms with Gasteiger partial charge in [-0.3, -0.25) is 4.40 Å². The van der Waals surface area contributed by atoms with E-state index in [2.05, 4.69) is 10.3 Å². The number of anilines is 1. The molecule has 0 radical (unpaired) electrons. The van der Waals surface area contributed by atoms with Crippen LogP contribution in [0.2, 0.25) is 5.15 Å². The molecule has 1 fully saturated rings. The number of nitrogens with one attached hydrogen (secondary N) is 1. The van der Waals surface area contributed by atoms with Gasteiger partial charge in [0.2, 0.25) is 0 Å². The average Bonchev–Trinajstić information content (AvgIpc) is 2.86. The number of pyridine rings is 1. The molecule has 3 rings (SSSR count). The third kappa shape index (κ3) is 1.45. The molecule has 1 atom stereocenters. The van der Waals surface area contributed by atoms with E-state index in [9.17, 15) is 0 Å². The first-order valence-electron chi connectivity index (χ1n) is 5.39. The second-order valence-corrected chi connectivity index (χ2v) is 4.53. The smallest absolute Gasteiger partial charge is 0.155 e. The molecule has 0 saturated carbocycles. The van der Waals surface area contributed by atoms with E-state index >= 15 is 0 Å². The predicted molar refractivity (Wildman–Crippen MR) is 64.8 cm³/mol. The van der Waals surface area contributed by atoms with Gasteiger partial charge in [0.15, 0.2) is 5.15 Å². The lowest BCUT2D eigenvalue weighted by molar-refractivity contribution is 0.699. The zero-order valence-corrected chi connectivity index (χ0v) is 9.54. The number of rotatable bonds is 1. The Bertz CT molecular complexity index is 528. The Hall–Kier alpha value is -1.26. The zero-order valence-electron chi connectivity index (χ0n) is 8.78. The van der Waals surface area contributed by atoms with Crippen LogP contribution in [-0.4, -0.2) is 22.5 Å². The van der Waals surface area contributed by atoms with E-state index in [1.54, 1.807) is 0 Å². The SMILES string of the molecule is Nc1ccc2c(Cl)nc(C3CCNC3)n2c1. The van der Waals surface area contributed by atoms with Crippen LogP contribution >= 0.6 is 11.6 Å². The van der Waals surface area contributed by atoms with Crippen LogP contribution in [0.3, 0.4) is 0 Å². The number of nitrogens with two attached hydrogens (primary N) is 1. The van der Waals surface area contributed by atoms with Crippen LogP contribution in [0.1, 0.15) is 18.2 Å². The summed E-state index contributed by atoms with van der Waals surface area (Å²) >= 11 is 6.12. The minimum atomic E-state index is 0.432. The van der Waals surface area contributed by atoms with Crippen molar-refractivity contribution in [2.75, 3.05) is 18.8 Å². The Morgan fingerprint density at radius 1 is 1.50 bits per heavy atom. The summed E-state index contributed by atoms with van der Waals surface area (Å²) in [6.45, 7) is 2.00. The van der Waals surface area contributed by atoms with Gasteiger partial charge >= 0.3 is 0 Å². The summed E-state index contributed by atoms with van der Waals surface area (Å²) in [5.41, 5.74) is 7.45. The zero-order chi connectivity index (χ0) is 11.1. The van der Waals surface area contributed by atoms with E-state index in [0.717, 1.165) is 36.5 Å². The molecule has 4 nitrogen and oxygen atoms in total. The average molecular weight is 237 g/mol. The number of hydrogen-bond donors (Lipinski definition) is 2. The molecule has 1 saturated heterocycles. The molecule has 0 bridgehead atoms. The molecule has 2 aromatic heterocycles. The van der Waals surface area contributed by atoms with Crippen LogP contribution < -0.4 is 11.1 Å². The summed E-state index contributed by atoms with van der Waals surface area (Å²) in [5.74, 6) is 1.44. The fourth-order valence-corrected chi connectivity index (χ4v) is 2.49. The lowest BCUT2D eigenvalue weighted by atomic mass is 10.1. The van der Waals surface area contributed by atoms with Crippen molar-refractivity contribution in [3.8, 4) is 0 Å². The quantitative estimate of drug-likeness (QED) is 0.792. The standard InChI is InChI=1S/C11H13ClN4/c12-10-9-2-1-8(13)6-16(9)11(15-10)7-3-4-14-5-7/h1-2,6-7,14H,3-5,13H2. The molecular formula is C11H13ClN4. The van der Waals surface area contributed by atoms with Gasteiger partial charge < -0.3 is 11.1 Å². The van der Waals surface area contributed by atoms with E-state index in [0.29, 0.717) is 11.1 Å². The molecule has 1 aliphatic rings. The third-order valence-corrected chi connectivity index (χ3v) is 3.35. The molecule has 0 aromatic carbocycles. The molecule has 16 heavy (non-hydrogen) atoms. The molecule has 1 unspecified atom stereocenters. The molecule has 2 aromatic rings. The maximum Gasteiger partial charge on any atom is 0.155 e. The number of nitrogens with zero attached hydrogens (tertiary/aromatic N) is 2. The van der Waals surface area contributed by atoms with Crippen LogP contribution in [-0.2, 0) is 0 Å². The Kier molecular flexibility index (Phi) is 2.26. The maximum atomic E-state index is 6.12. The van der Waals surface area contributed by atoms with Gasteiger partial charge in [-0.15, -0.1) is 0 Å². The van der Waals surface area contributed by atoms with Crippen molar-refractivity contribution in [1.29, 1.82) is 0 Å². The molecule has 0 spiro atoms. The highest BCUT2D eigenvalue weighted by Gasteiger charge is 2.22. The topological polar surface area (TPSA) is 55.3 Å². The van der Waals surface area contributed by atoms with E-state index in [1.807, 2.05) is 22.7 Å². The monoisotopic (exact) mass is 236 g/mol. The van der Waals surface area contributed by atoms with Crippen LogP contribution in [0.4, 0.5) is 5.69 Å². The molecule has 84 valence electrons. The van der Waals surface area contributed by atoms with Gasteiger partial charge in [-0.25, -0.2) is 4.98 Å². The molecule has 1 aliphatic heterocycles. The third-order valence-electron chi connectivity index (χ3n) is 3.07. The normalized spacial score (nSPS) is 20.7. The number of nitrogen functional groups attached to an aromatic ring is 1. The van der Waals surface area contributed by atoms with Crippen molar-refractivity contribution >= 4 is 22.8 Å². The number of hydrogen-bond acceptors (Lipinski definition) is 3. The Labute approximate surface area is 98.4 Å². The van der Waals surface area contributed by atoms with E-state index in [4.69, 9.17) is 17.3 Å². The lowest BCUT2D eigenvalue weighted by Gasteiger charge is -2.07. The molecular weight excluding hydrogens is 224 g/mol. The van der Waals surface area contributed by atoms with Crippen molar-refractivity contribution in [2.24, 2.45) is 0 Å². The summed E-state index contributed by atoms with van der Waals surface area (Å²) in [5, 5.41) is 3.89. The van der Waals surface area contributed by atoms with Gasteiger partial charge in [0.1, 0.15) is 5.82 Å². The Morgan fingerprint density at radius 3 is 3.12 bits per heavy atom. The van der Waals surface area contributed by atoms with Gasteiger partial charge in [0, 0.05) is 24.3 Å². The van der Waals surface area contributed by atoms with Gasteiger partial charge in [-0.1, -0.05) is 11.6 Å². The summed E-state index contributed by atoms with van der Waals surface area (Å²) in [4.78, 5) is 4.45. The largest absolute Gasteiger partial charge is 0.398 e. The molecule has 5 heteroatoms. The van der Waals surface area contributed by atoms with Crippen molar-refractivity contribution in [3.63, 3.8) is 0 Å². The first-order chi connectivity index (χ1) is 7.75. The predicted octanol–water partition coefficient (Wildman–Crippen LogP) is 1.65. The van der Waals surface area contributed by atoms with Crippen LogP contribution in [0.5, 0.6) is 0 Å². The molecule has 3 heterocycles. The summed E-state index contributed by atoms with van der Waals surface area (Å²) in [7, 11) is 0. The van der Waals surface area contributed by atoms with E-state index in [1.165, 1.54) is 0 Å². The highest BCUT2D eigenvalue weighted by Crippen LogP contribution is 2.27. The first-order valence-corrected chi connectivity index (χ1v) is 5.77. The Balaban J connectivity index is 2.19. The maximum absolute atomic E-state index is 6.12. The molecule has 3 N–H and O–H groups in total. The fraction of sp³-hybridized carbons (Fsp3) is 0.364. The highest BCUT2D eigenvalue weighted by molar-refractivity contribution is 6.32. The van der Waals surface area contributed by atoms with E-state index in [-0.39, 0.29) is 0 Å². The van der Waals surface area contributed by atoms with E-state index < -0.39 is 0 Å². The second kappa shape index (κ2) is 3.64. The van der Waals surface area contributed by atoms with Gasteiger partial charge in [-0.2, -0.15) is 0 Å². The highest BCUT2D eigenvalue weighted by atomic mass is 35.5. The molecule has 0 aliphatic carbocycles.